The molecule has 0 aliphatic carbocycles. The molecule has 0 fully saturated rings. The van der Waals surface area contributed by atoms with Crippen LogP contribution in [0.25, 0.3) is 0 Å². The lowest BCUT2D eigenvalue weighted by molar-refractivity contribution is 0.0608. The fraction of sp³-hybridized carbons (Fsp3) is 0.444. The summed E-state index contributed by atoms with van der Waals surface area (Å²) in [6.45, 7) is 3.98. The van der Waals surface area contributed by atoms with Gasteiger partial charge in [-0.1, -0.05) is 11.6 Å². The van der Waals surface area contributed by atoms with Gasteiger partial charge in [0.1, 0.15) is 17.3 Å². The highest BCUT2D eigenvalue weighted by Gasteiger charge is 2.11. The Morgan fingerprint density at radius 3 is 2.80 bits per heavy atom. The molecule has 5 nitrogen and oxygen atoms in total. The number of rotatable bonds is 4. The average Bonchev–Trinajstić information content (AvgIpc) is 2.14. The summed E-state index contributed by atoms with van der Waals surface area (Å²) in [5.74, 6) is -0.768. The van der Waals surface area contributed by atoms with Crippen LogP contribution in [0.15, 0.2) is 6.20 Å². The van der Waals surface area contributed by atoms with Gasteiger partial charge in [0, 0.05) is 6.20 Å². The molecular formula is C9H11ClN2O3. The summed E-state index contributed by atoms with van der Waals surface area (Å²) < 4.78 is 5.25. The second-order valence-electron chi connectivity index (χ2n) is 3.16. The normalized spacial score (nSPS) is 10.7. The van der Waals surface area contributed by atoms with E-state index in [9.17, 15) is 4.79 Å². The number of nitrogens with zero attached hydrogens (tertiary/aromatic N) is 2. The summed E-state index contributed by atoms with van der Waals surface area (Å²) in [5.41, 5.74) is -0.107. The number of ether oxygens (including phenoxy) is 1. The molecule has 82 valence electrons. The molecule has 0 bridgehead atoms. The zero-order valence-electron chi connectivity index (χ0n) is 8.40. The summed E-state index contributed by atoms with van der Waals surface area (Å²) in [7, 11) is 0. The molecule has 0 amide bonds. The van der Waals surface area contributed by atoms with Crippen molar-refractivity contribution in [2.75, 3.05) is 0 Å². The third-order valence-electron chi connectivity index (χ3n) is 1.57. The van der Waals surface area contributed by atoms with Crippen molar-refractivity contribution >= 4 is 17.6 Å². The first-order chi connectivity index (χ1) is 7.00. The number of aromatic nitrogens is 2. The van der Waals surface area contributed by atoms with Crippen LogP contribution in [0.2, 0.25) is 5.15 Å². The predicted molar refractivity (Wildman–Crippen MR) is 53.9 cm³/mol. The maximum atomic E-state index is 10.6. The molecule has 0 aliphatic heterocycles. The van der Waals surface area contributed by atoms with Crippen LogP contribution in [0, 0.1) is 0 Å². The van der Waals surface area contributed by atoms with Gasteiger partial charge in [0.05, 0.1) is 6.10 Å². The van der Waals surface area contributed by atoms with Crippen LogP contribution in [0.4, 0.5) is 0 Å². The van der Waals surface area contributed by atoms with E-state index in [0.29, 0.717) is 5.82 Å². The molecule has 0 saturated heterocycles. The lowest BCUT2D eigenvalue weighted by Gasteiger charge is -2.06. The van der Waals surface area contributed by atoms with Gasteiger partial charge in [0.15, 0.2) is 5.82 Å². The Morgan fingerprint density at radius 2 is 2.33 bits per heavy atom. The molecule has 0 radical (unpaired) electrons. The van der Waals surface area contributed by atoms with E-state index in [1.807, 2.05) is 13.8 Å². The number of hydrogen-bond acceptors (Lipinski definition) is 4. The molecule has 0 saturated carbocycles. The highest BCUT2D eigenvalue weighted by molar-refractivity contribution is 6.32. The van der Waals surface area contributed by atoms with Crippen LogP contribution in [0.5, 0.6) is 0 Å². The Balaban J connectivity index is 2.78. The number of halogens is 1. The van der Waals surface area contributed by atoms with Crippen LogP contribution in [0.3, 0.4) is 0 Å². The van der Waals surface area contributed by atoms with E-state index in [1.165, 1.54) is 6.20 Å². The van der Waals surface area contributed by atoms with Gasteiger partial charge in [0.25, 0.3) is 0 Å². The van der Waals surface area contributed by atoms with Gasteiger partial charge in [-0.05, 0) is 13.8 Å². The van der Waals surface area contributed by atoms with Crippen LogP contribution >= 0.6 is 11.6 Å². The van der Waals surface area contributed by atoms with Crippen LogP contribution in [-0.4, -0.2) is 27.1 Å². The van der Waals surface area contributed by atoms with Gasteiger partial charge in [-0.25, -0.2) is 14.8 Å². The molecule has 6 heteroatoms. The minimum absolute atomic E-state index is 0.0616. The Morgan fingerprint density at radius 1 is 1.67 bits per heavy atom. The highest BCUT2D eigenvalue weighted by Crippen LogP contribution is 2.12. The zero-order chi connectivity index (χ0) is 11.4. The first-order valence-electron chi connectivity index (χ1n) is 4.37. The Bertz CT molecular complexity index is 368. The molecule has 0 unspecified atom stereocenters. The van der Waals surface area contributed by atoms with E-state index in [-0.39, 0.29) is 23.4 Å². The van der Waals surface area contributed by atoms with E-state index >= 15 is 0 Å². The minimum Gasteiger partial charge on any atom is -0.478 e. The molecule has 0 aromatic carbocycles. The SMILES string of the molecule is CC(C)OCc1ncc(C(=O)O)c(Cl)n1. The van der Waals surface area contributed by atoms with Gasteiger partial charge in [0.2, 0.25) is 0 Å². The lowest BCUT2D eigenvalue weighted by atomic mass is 10.3. The van der Waals surface area contributed by atoms with Crippen molar-refractivity contribution < 1.29 is 14.6 Å². The van der Waals surface area contributed by atoms with Gasteiger partial charge in [-0.3, -0.25) is 0 Å². The summed E-state index contributed by atoms with van der Waals surface area (Å²) in [6.07, 6.45) is 1.24. The standard InChI is InChI=1S/C9H11ClN2O3/c1-5(2)15-4-7-11-3-6(9(13)14)8(10)12-7/h3,5H,4H2,1-2H3,(H,13,14). The fourth-order valence-corrected chi connectivity index (χ4v) is 1.08. The molecule has 1 rings (SSSR count). The van der Waals surface area contributed by atoms with Gasteiger partial charge < -0.3 is 9.84 Å². The largest absolute Gasteiger partial charge is 0.478 e. The third kappa shape index (κ3) is 3.45. The molecule has 0 atom stereocenters. The van der Waals surface area contributed by atoms with Crippen molar-refractivity contribution in [3.63, 3.8) is 0 Å². The molecule has 1 heterocycles. The molecule has 1 aromatic rings. The smallest absolute Gasteiger partial charge is 0.340 e. The molecule has 0 spiro atoms. The lowest BCUT2D eigenvalue weighted by Crippen LogP contribution is -2.08. The minimum atomic E-state index is -1.14. The monoisotopic (exact) mass is 230 g/mol. The number of hydrogen-bond donors (Lipinski definition) is 1. The number of aromatic carboxylic acids is 1. The van der Waals surface area contributed by atoms with E-state index in [2.05, 4.69) is 9.97 Å². The number of carbonyl (C=O) groups is 1. The predicted octanol–water partition coefficient (Wildman–Crippen LogP) is 1.75. The van der Waals surface area contributed by atoms with Crippen molar-refractivity contribution in [1.82, 2.24) is 9.97 Å². The Kier molecular flexibility index (Phi) is 3.99. The van der Waals surface area contributed by atoms with Gasteiger partial charge in [-0.2, -0.15) is 0 Å². The summed E-state index contributed by atoms with van der Waals surface area (Å²) in [6, 6.07) is 0. The second-order valence-corrected chi connectivity index (χ2v) is 3.51. The molecule has 1 N–H and O–H groups in total. The summed E-state index contributed by atoms with van der Waals surface area (Å²) in [5, 5.41) is 8.61. The maximum absolute atomic E-state index is 10.6. The van der Waals surface area contributed by atoms with E-state index in [4.69, 9.17) is 21.4 Å². The fourth-order valence-electron chi connectivity index (χ4n) is 0.849. The molecule has 0 aliphatic rings. The zero-order valence-corrected chi connectivity index (χ0v) is 9.15. The maximum Gasteiger partial charge on any atom is 0.340 e. The van der Waals surface area contributed by atoms with E-state index in [1.54, 1.807) is 0 Å². The highest BCUT2D eigenvalue weighted by atomic mass is 35.5. The summed E-state index contributed by atoms with van der Waals surface area (Å²) >= 11 is 5.65. The molecule has 1 aromatic heterocycles. The quantitative estimate of drug-likeness (QED) is 0.798. The average molecular weight is 231 g/mol. The number of carboxylic acid groups (broad SMARTS) is 1. The van der Waals surface area contributed by atoms with Crippen molar-refractivity contribution in [2.45, 2.75) is 26.6 Å². The number of carboxylic acids is 1. The van der Waals surface area contributed by atoms with Gasteiger partial charge in [-0.15, -0.1) is 0 Å². The van der Waals surface area contributed by atoms with E-state index in [0.717, 1.165) is 0 Å². The third-order valence-corrected chi connectivity index (χ3v) is 1.86. The van der Waals surface area contributed by atoms with Crippen molar-refractivity contribution in [1.29, 1.82) is 0 Å². The Labute approximate surface area is 92.1 Å². The summed E-state index contributed by atoms with van der Waals surface area (Å²) in [4.78, 5) is 18.2. The van der Waals surface area contributed by atoms with Crippen molar-refractivity contribution in [3.05, 3.63) is 22.7 Å². The van der Waals surface area contributed by atoms with Crippen molar-refractivity contribution in [3.8, 4) is 0 Å². The topological polar surface area (TPSA) is 72.3 Å². The van der Waals surface area contributed by atoms with Crippen LogP contribution in [-0.2, 0) is 11.3 Å². The van der Waals surface area contributed by atoms with Gasteiger partial charge >= 0.3 is 5.97 Å². The first-order valence-corrected chi connectivity index (χ1v) is 4.75. The second kappa shape index (κ2) is 5.04. The first kappa shape index (κ1) is 11.9. The van der Waals surface area contributed by atoms with Crippen LogP contribution < -0.4 is 0 Å². The van der Waals surface area contributed by atoms with Crippen molar-refractivity contribution in [2.24, 2.45) is 0 Å². The van der Waals surface area contributed by atoms with E-state index < -0.39 is 5.97 Å². The Hall–Kier alpha value is -1.20. The molecular weight excluding hydrogens is 220 g/mol. The van der Waals surface area contributed by atoms with Crippen LogP contribution in [0.1, 0.15) is 30.0 Å². The molecule has 15 heavy (non-hydrogen) atoms.